The molecule has 1 atom stereocenters. The Kier molecular flexibility index (Phi) is 3.56. The third-order valence-electron chi connectivity index (χ3n) is 2.87. The Hall–Kier alpha value is -1.36. The first kappa shape index (κ1) is 11.1. The summed E-state index contributed by atoms with van der Waals surface area (Å²) in [7, 11) is 0. The van der Waals surface area contributed by atoms with Gasteiger partial charge in [-0.15, -0.1) is 0 Å². The van der Waals surface area contributed by atoms with Crippen LogP contribution in [-0.2, 0) is 4.74 Å². The Morgan fingerprint density at radius 2 is 2.56 bits per heavy atom. The molecule has 88 valence electrons. The number of ether oxygens (including phenoxy) is 1. The SMILES string of the molecule is CCOC(=O)c1cn[nH]c1C1CCCNC1. The Morgan fingerprint density at radius 3 is 3.25 bits per heavy atom. The fourth-order valence-corrected chi connectivity index (χ4v) is 2.08. The fraction of sp³-hybridized carbons (Fsp3) is 0.636. The van der Waals surface area contributed by atoms with Gasteiger partial charge in [0.15, 0.2) is 0 Å². The lowest BCUT2D eigenvalue weighted by molar-refractivity contribution is 0.0524. The minimum Gasteiger partial charge on any atom is -0.462 e. The molecule has 0 radical (unpaired) electrons. The van der Waals surface area contributed by atoms with Gasteiger partial charge in [-0.2, -0.15) is 5.10 Å². The third-order valence-corrected chi connectivity index (χ3v) is 2.87. The Balaban J connectivity index is 2.14. The number of aromatic amines is 1. The van der Waals surface area contributed by atoms with E-state index in [0.717, 1.165) is 31.6 Å². The molecule has 2 heterocycles. The highest BCUT2D eigenvalue weighted by atomic mass is 16.5. The molecule has 5 heteroatoms. The van der Waals surface area contributed by atoms with E-state index in [0.29, 0.717) is 18.1 Å². The summed E-state index contributed by atoms with van der Waals surface area (Å²) in [6.45, 7) is 4.15. The lowest BCUT2D eigenvalue weighted by atomic mass is 9.94. The van der Waals surface area contributed by atoms with Gasteiger partial charge in [0.1, 0.15) is 5.56 Å². The Morgan fingerprint density at radius 1 is 1.69 bits per heavy atom. The summed E-state index contributed by atoms with van der Waals surface area (Å²) in [5.41, 5.74) is 1.49. The summed E-state index contributed by atoms with van der Waals surface area (Å²) < 4.78 is 5.00. The van der Waals surface area contributed by atoms with E-state index in [4.69, 9.17) is 4.74 Å². The van der Waals surface area contributed by atoms with Crippen molar-refractivity contribution in [3.63, 3.8) is 0 Å². The number of hydrogen-bond donors (Lipinski definition) is 2. The molecule has 1 aromatic rings. The van der Waals surface area contributed by atoms with Crippen LogP contribution in [-0.4, -0.2) is 35.9 Å². The fourth-order valence-electron chi connectivity index (χ4n) is 2.08. The van der Waals surface area contributed by atoms with Gasteiger partial charge in [0.25, 0.3) is 0 Å². The summed E-state index contributed by atoms with van der Waals surface area (Å²) >= 11 is 0. The normalized spacial score (nSPS) is 20.7. The zero-order valence-electron chi connectivity index (χ0n) is 9.45. The van der Waals surface area contributed by atoms with Crippen LogP contribution in [0.1, 0.15) is 41.7 Å². The number of hydrogen-bond acceptors (Lipinski definition) is 4. The van der Waals surface area contributed by atoms with E-state index in [9.17, 15) is 4.79 Å². The Bertz CT molecular complexity index is 356. The van der Waals surface area contributed by atoms with Crippen molar-refractivity contribution in [3.05, 3.63) is 17.5 Å². The van der Waals surface area contributed by atoms with Gasteiger partial charge in [-0.05, 0) is 26.3 Å². The monoisotopic (exact) mass is 223 g/mol. The van der Waals surface area contributed by atoms with Crippen molar-refractivity contribution in [2.24, 2.45) is 0 Å². The number of nitrogens with one attached hydrogen (secondary N) is 2. The number of aromatic nitrogens is 2. The molecule has 1 aliphatic heterocycles. The van der Waals surface area contributed by atoms with Crippen LogP contribution in [0.25, 0.3) is 0 Å². The number of esters is 1. The van der Waals surface area contributed by atoms with Crippen molar-refractivity contribution in [1.29, 1.82) is 0 Å². The summed E-state index contributed by atoms with van der Waals surface area (Å²) in [6, 6.07) is 0. The van der Waals surface area contributed by atoms with Crippen molar-refractivity contribution in [3.8, 4) is 0 Å². The zero-order valence-corrected chi connectivity index (χ0v) is 9.45. The van der Waals surface area contributed by atoms with Crippen molar-refractivity contribution < 1.29 is 9.53 Å². The molecule has 1 saturated heterocycles. The average Bonchev–Trinajstić information content (AvgIpc) is 2.79. The highest BCUT2D eigenvalue weighted by Crippen LogP contribution is 2.24. The molecule has 1 fully saturated rings. The van der Waals surface area contributed by atoms with E-state index in [1.54, 1.807) is 13.1 Å². The molecule has 1 aromatic heterocycles. The van der Waals surface area contributed by atoms with Crippen LogP contribution in [0.2, 0.25) is 0 Å². The van der Waals surface area contributed by atoms with E-state index in [-0.39, 0.29) is 5.97 Å². The second kappa shape index (κ2) is 5.12. The van der Waals surface area contributed by atoms with Crippen LogP contribution in [0.3, 0.4) is 0 Å². The number of H-pyrrole nitrogens is 1. The first-order valence-corrected chi connectivity index (χ1v) is 5.74. The highest BCUT2D eigenvalue weighted by molar-refractivity contribution is 5.90. The minimum atomic E-state index is -0.281. The molecule has 0 saturated carbocycles. The van der Waals surface area contributed by atoms with Crippen molar-refractivity contribution in [1.82, 2.24) is 15.5 Å². The number of rotatable bonds is 3. The number of piperidine rings is 1. The molecule has 0 amide bonds. The standard InChI is InChI=1S/C11H17N3O2/c1-2-16-11(15)9-7-13-14-10(9)8-4-3-5-12-6-8/h7-8,12H,2-6H2,1H3,(H,13,14). The quantitative estimate of drug-likeness (QED) is 0.752. The van der Waals surface area contributed by atoms with E-state index in [1.165, 1.54) is 0 Å². The van der Waals surface area contributed by atoms with E-state index >= 15 is 0 Å². The second-order valence-corrected chi connectivity index (χ2v) is 3.96. The van der Waals surface area contributed by atoms with Crippen LogP contribution in [0, 0.1) is 0 Å². The Labute approximate surface area is 94.6 Å². The maximum absolute atomic E-state index is 11.7. The molecular weight excluding hydrogens is 206 g/mol. The van der Waals surface area contributed by atoms with Gasteiger partial charge < -0.3 is 10.1 Å². The topological polar surface area (TPSA) is 67.0 Å². The van der Waals surface area contributed by atoms with E-state index in [1.807, 2.05) is 0 Å². The number of nitrogens with zero attached hydrogens (tertiary/aromatic N) is 1. The first-order valence-electron chi connectivity index (χ1n) is 5.74. The molecule has 2 rings (SSSR count). The lowest BCUT2D eigenvalue weighted by Crippen LogP contribution is -2.29. The van der Waals surface area contributed by atoms with Gasteiger partial charge in [0, 0.05) is 12.5 Å². The second-order valence-electron chi connectivity index (χ2n) is 3.96. The van der Waals surface area contributed by atoms with Gasteiger partial charge in [-0.25, -0.2) is 4.79 Å². The van der Waals surface area contributed by atoms with E-state index < -0.39 is 0 Å². The molecule has 0 aliphatic carbocycles. The molecule has 1 unspecified atom stereocenters. The van der Waals surface area contributed by atoms with Gasteiger partial charge in [-0.1, -0.05) is 0 Å². The number of carbonyl (C=O) groups is 1. The smallest absolute Gasteiger partial charge is 0.341 e. The first-order chi connectivity index (χ1) is 7.83. The van der Waals surface area contributed by atoms with Gasteiger partial charge >= 0.3 is 5.97 Å². The van der Waals surface area contributed by atoms with Gasteiger partial charge in [0.05, 0.1) is 18.5 Å². The zero-order chi connectivity index (χ0) is 11.4. The molecule has 0 spiro atoms. The van der Waals surface area contributed by atoms with Crippen molar-refractivity contribution in [2.45, 2.75) is 25.7 Å². The van der Waals surface area contributed by atoms with Crippen LogP contribution in [0.4, 0.5) is 0 Å². The van der Waals surface area contributed by atoms with Gasteiger partial charge in [0.2, 0.25) is 0 Å². The lowest BCUT2D eigenvalue weighted by Gasteiger charge is -2.22. The molecule has 0 aromatic carbocycles. The predicted molar refractivity (Wildman–Crippen MR) is 59.4 cm³/mol. The molecule has 5 nitrogen and oxygen atoms in total. The maximum Gasteiger partial charge on any atom is 0.341 e. The van der Waals surface area contributed by atoms with Crippen LogP contribution < -0.4 is 5.32 Å². The van der Waals surface area contributed by atoms with Crippen molar-refractivity contribution in [2.75, 3.05) is 19.7 Å². The number of carbonyl (C=O) groups excluding carboxylic acids is 1. The molecular formula is C11H17N3O2. The van der Waals surface area contributed by atoms with Gasteiger partial charge in [-0.3, -0.25) is 5.10 Å². The third kappa shape index (κ3) is 2.24. The average molecular weight is 223 g/mol. The molecule has 0 bridgehead atoms. The van der Waals surface area contributed by atoms with E-state index in [2.05, 4.69) is 15.5 Å². The summed E-state index contributed by atoms with van der Waals surface area (Å²) in [6.07, 6.45) is 3.77. The van der Waals surface area contributed by atoms with Crippen LogP contribution in [0.5, 0.6) is 0 Å². The molecule has 2 N–H and O–H groups in total. The van der Waals surface area contributed by atoms with Crippen LogP contribution in [0.15, 0.2) is 6.20 Å². The largest absolute Gasteiger partial charge is 0.462 e. The summed E-state index contributed by atoms with van der Waals surface area (Å²) in [5, 5.41) is 10.2. The van der Waals surface area contributed by atoms with Crippen molar-refractivity contribution >= 4 is 5.97 Å². The summed E-state index contributed by atoms with van der Waals surface area (Å²) in [4.78, 5) is 11.7. The maximum atomic E-state index is 11.7. The predicted octanol–water partition coefficient (Wildman–Crippen LogP) is 1.05. The highest BCUT2D eigenvalue weighted by Gasteiger charge is 2.23. The molecule has 16 heavy (non-hydrogen) atoms. The minimum absolute atomic E-state index is 0.281. The van der Waals surface area contributed by atoms with Crippen LogP contribution >= 0.6 is 0 Å². The molecule has 1 aliphatic rings. The summed E-state index contributed by atoms with van der Waals surface area (Å²) in [5.74, 6) is 0.0625.